The molecule has 0 saturated carbocycles. The van der Waals surface area contributed by atoms with Gasteiger partial charge in [-0.3, -0.25) is 9.59 Å². The van der Waals surface area contributed by atoms with Gasteiger partial charge in [0, 0.05) is 7.11 Å². The maximum absolute atomic E-state index is 13.2. The van der Waals surface area contributed by atoms with Crippen LogP contribution in [-0.4, -0.2) is 36.2 Å². The van der Waals surface area contributed by atoms with Gasteiger partial charge in [-0.15, -0.1) is 0 Å². The number of hydrogen-bond acceptors (Lipinski definition) is 3. The fourth-order valence-corrected chi connectivity index (χ4v) is 2.12. The molecular formula is C15H20FNO4. The summed E-state index contributed by atoms with van der Waals surface area (Å²) >= 11 is 0. The standard InChI is InChI=1S/C15H20FNO4/c1-10(11-5-4-6-12(16)7-11)14(20)17-15(2,9-21-3)8-13(18)19/h4-7,10H,8-9H2,1-3H3,(H,17,20)(H,18,19). The molecule has 1 rings (SSSR count). The molecule has 0 radical (unpaired) electrons. The largest absolute Gasteiger partial charge is 0.481 e. The van der Waals surface area contributed by atoms with Crippen LogP contribution in [0.15, 0.2) is 24.3 Å². The van der Waals surface area contributed by atoms with Crippen molar-refractivity contribution in [2.75, 3.05) is 13.7 Å². The molecule has 0 aromatic heterocycles. The summed E-state index contributed by atoms with van der Waals surface area (Å²) in [5.74, 6) is -2.42. The van der Waals surface area contributed by atoms with Gasteiger partial charge in [-0.1, -0.05) is 12.1 Å². The van der Waals surface area contributed by atoms with Gasteiger partial charge >= 0.3 is 5.97 Å². The summed E-state index contributed by atoms with van der Waals surface area (Å²) in [5, 5.41) is 11.6. The summed E-state index contributed by atoms with van der Waals surface area (Å²) < 4.78 is 18.2. The zero-order valence-corrected chi connectivity index (χ0v) is 12.4. The summed E-state index contributed by atoms with van der Waals surface area (Å²) in [6, 6.07) is 5.76. The van der Waals surface area contributed by atoms with E-state index in [1.807, 2.05) is 0 Å². The monoisotopic (exact) mass is 297 g/mol. The quantitative estimate of drug-likeness (QED) is 0.806. The Labute approximate surface area is 123 Å². The first-order valence-corrected chi connectivity index (χ1v) is 6.55. The Hall–Kier alpha value is -1.95. The number of hydrogen-bond donors (Lipinski definition) is 2. The van der Waals surface area contributed by atoms with Crippen LogP contribution < -0.4 is 5.32 Å². The van der Waals surface area contributed by atoms with Crippen molar-refractivity contribution in [2.24, 2.45) is 0 Å². The molecule has 1 aromatic rings. The minimum absolute atomic E-state index is 0.0703. The Balaban J connectivity index is 2.83. The normalized spacial score (nSPS) is 15.0. The van der Waals surface area contributed by atoms with Gasteiger partial charge in [0.1, 0.15) is 5.82 Å². The van der Waals surface area contributed by atoms with E-state index in [0.29, 0.717) is 5.56 Å². The highest BCUT2D eigenvalue weighted by Crippen LogP contribution is 2.19. The van der Waals surface area contributed by atoms with Crippen molar-refractivity contribution in [2.45, 2.75) is 31.7 Å². The molecular weight excluding hydrogens is 277 g/mol. The molecule has 0 heterocycles. The molecule has 1 aromatic carbocycles. The molecule has 0 fully saturated rings. The Bertz CT molecular complexity index is 520. The number of ether oxygens (including phenoxy) is 1. The second-order valence-electron chi connectivity index (χ2n) is 5.33. The van der Waals surface area contributed by atoms with Crippen LogP contribution in [0.4, 0.5) is 4.39 Å². The third kappa shape index (κ3) is 5.15. The number of carbonyl (C=O) groups is 2. The zero-order chi connectivity index (χ0) is 16.0. The number of rotatable bonds is 7. The molecule has 6 heteroatoms. The third-order valence-electron chi connectivity index (χ3n) is 3.17. The van der Waals surface area contributed by atoms with Gasteiger partial charge in [0.15, 0.2) is 0 Å². The van der Waals surface area contributed by atoms with E-state index in [9.17, 15) is 14.0 Å². The van der Waals surface area contributed by atoms with Crippen molar-refractivity contribution in [1.29, 1.82) is 0 Å². The van der Waals surface area contributed by atoms with Crippen molar-refractivity contribution in [3.05, 3.63) is 35.6 Å². The number of carboxylic acids is 1. The molecule has 2 N–H and O–H groups in total. The van der Waals surface area contributed by atoms with Crippen LogP contribution in [0.5, 0.6) is 0 Å². The van der Waals surface area contributed by atoms with Gasteiger partial charge in [-0.25, -0.2) is 4.39 Å². The summed E-state index contributed by atoms with van der Waals surface area (Å²) in [7, 11) is 1.43. The van der Waals surface area contributed by atoms with E-state index >= 15 is 0 Å². The van der Waals surface area contributed by atoms with E-state index in [0.717, 1.165) is 0 Å². The summed E-state index contributed by atoms with van der Waals surface area (Å²) in [6.07, 6.45) is -0.261. The molecule has 0 spiro atoms. The van der Waals surface area contributed by atoms with Crippen LogP contribution in [0.3, 0.4) is 0 Å². The molecule has 0 bridgehead atoms. The number of aliphatic carboxylic acids is 1. The lowest BCUT2D eigenvalue weighted by atomic mass is 9.95. The van der Waals surface area contributed by atoms with Crippen molar-refractivity contribution in [3.63, 3.8) is 0 Å². The summed E-state index contributed by atoms with van der Waals surface area (Å²) in [6.45, 7) is 3.31. The van der Waals surface area contributed by atoms with Crippen LogP contribution in [0.2, 0.25) is 0 Å². The first-order valence-electron chi connectivity index (χ1n) is 6.55. The molecule has 1 amide bonds. The van der Waals surface area contributed by atoms with Crippen LogP contribution in [0, 0.1) is 5.82 Å². The first-order chi connectivity index (χ1) is 9.77. The van der Waals surface area contributed by atoms with E-state index in [2.05, 4.69) is 5.32 Å². The lowest BCUT2D eigenvalue weighted by Crippen LogP contribution is -2.51. The maximum atomic E-state index is 13.2. The van der Waals surface area contributed by atoms with Gasteiger partial charge in [0.2, 0.25) is 5.91 Å². The molecule has 2 unspecified atom stereocenters. The number of methoxy groups -OCH3 is 1. The second-order valence-corrected chi connectivity index (χ2v) is 5.33. The zero-order valence-electron chi connectivity index (χ0n) is 12.4. The average Bonchev–Trinajstić information content (AvgIpc) is 2.36. The van der Waals surface area contributed by atoms with Crippen molar-refractivity contribution in [3.8, 4) is 0 Å². The highest BCUT2D eigenvalue weighted by molar-refractivity contribution is 5.84. The van der Waals surface area contributed by atoms with E-state index in [1.54, 1.807) is 19.9 Å². The lowest BCUT2D eigenvalue weighted by Gasteiger charge is -2.30. The molecule has 0 saturated heterocycles. The van der Waals surface area contributed by atoms with E-state index < -0.39 is 23.2 Å². The van der Waals surface area contributed by atoms with Crippen LogP contribution in [0.25, 0.3) is 0 Å². The van der Waals surface area contributed by atoms with Crippen molar-refractivity contribution >= 4 is 11.9 Å². The molecule has 0 aliphatic heterocycles. The van der Waals surface area contributed by atoms with Gasteiger partial charge in [0.05, 0.1) is 24.5 Å². The Kier molecular flexibility index (Phi) is 5.84. The summed E-state index contributed by atoms with van der Waals surface area (Å²) in [5.41, 5.74) is -0.484. The Morgan fingerprint density at radius 3 is 2.67 bits per heavy atom. The minimum atomic E-state index is -1.03. The average molecular weight is 297 g/mol. The molecule has 21 heavy (non-hydrogen) atoms. The maximum Gasteiger partial charge on any atom is 0.305 e. The number of benzene rings is 1. The first kappa shape index (κ1) is 17.1. The number of carbonyl (C=O) groups excluding carboxylic acids is 1. The third-order valence-corrected chi connectivity index (χ3v) is 3.17. The van der Waals surface area contributed by atoms with Gasteiger partial charge in [-0.05, 0) is 31.5 Å². The SMILES string of the molecule is COCC(C)(CC(=O)O)NC(=O)C(C)c1cccc(F)c1. The smallest absolute Gasteiger partial charge is 0.305 e. The Morgan fingerprint density at radius 1 is 1.48 bits per heavy atom. The van der Waals surface area contributed by atoms with Crippen LogP contribution in [0.1, 0.15) is 31.7 Å². The highest BCUT2D eigenvalue weighted by atomic mass is 19.1. The molecule has 0 aliphatic carbocycles. The van der Waals surface area contributed by atoms with Crippen molar-refractivity contribution < 1.29 is 23.8 Å². The predicted octanol–water partition coefficient (Wildman–Crippen LogP) is 1.93. The Morgan fingerprint density at radius 2 is 2.14 bits per heavy atom. The van der Waals surface area contributed by atoms with Gasteiger partial charge < -0.3 is 15.2 Å². The van der Waals surface area contributed by atoms with E-state index in [-0.39, 0.29) is 18.9 Å². The molecule has 5 nitrogen and oxygen atoms in total. The van der Waals surface area contributed by atoms with Gasteiger partial charge in [-0.2, -0.15) is 0 Å². The number of nitrogens with one attached hydrogen (secondary N) is 1. The van der Waals surface area contributed by atoms with E-state index in [1.165, 1.54) is 25.3 Å². The van der Waals surface area contributed by atoms with E-state index in [4.69, 9.17) is 9.84 Å². The number of halogens is 1. The second kappa shape index (κ2) is 7.17. The summed E-state index contributed by atoms with van der Waals surface area (Å²) in [4.78, 5) is 23.1. The van der Waals surface area contributed by atoms with Crippen LogP contribution >= 0.6 is 0 Å². The van der Waals surface area contributed by atoms with Crippen molar-refractivity contribution in [1.82, 2.24) is 5.32 Å². The number of amides is 1. The molecule has 116 valence electrons. The number of carboxylic acid groups (broad SMARTS) is 1. The minimum Gasteiger partial charge on any atom is -0.481 e. The highest BCUT2D eigenvalue weighted by Gasteiger charge is 2.31. The van der Waals surface area contributed by atoms with Crippen LogP contribution in [-0.2, 0) is 14.3 Å². The fourth-order valence-electron chi connectivity index (χ4n) is 2.12. The molecule has 2 atom stereocenters. The fraction of sp³-hybridized carbons (Fsp3) is 0.467. The van der Waals surface area contributed by atoms with Gasteiger partial charge in [0.25, 0.3) is 0 Å². The molecule has 0 aliphatic rings. The lowest BCUT2D eigenvalue weighted by molar-refractivity contribution is -0.139. The predicted molar refractivity (Wildman–Crippen MR) is 75.5 cm³/mol. The topological polar surface area (TPSA) is 75.6 Å².